The van der Waals surface area contributed by atoms with E-state index >= 15 is 0 Å². The van der Waals surface area contributed by atoms with Crippen molar-refractivity contribution in [3.8, 4) is 0 Å². The number of para-hydroxylation sites is 1. The van der Waals surface area contributed by atoms with Gasteiger partial charge in [-0.2, -0.15) is 4.31 Å². The molecule has 1 aliphatic rings. The monoisotopic (exact) mass is 493 g/mol. The van der Waals surface area contributed by atoms with Crippen LogP contribution in [-0.2, 0) is 14.8 Å². The Hall–Kier alpha value is -1.74. The van der Waals surface area contributed by atoms with Gasteiger partial charge in [-0.1, -0.05) is 18.2 Å². The van der Waals surface area contributed by atoms with Crippen molar-refractivity contribution in [2.75, 3.05) is 38.0 Å². The number of halogens is 1. The van der Waals surface area contributed by atoms with E-state index in [-0.39, 0.29) is 12.5 Å². The summed E-state index contributed by atoms with van der Waals surface area (Å²) >= 11 is 3.42. The van der Waals surface area contributed by atoms with E-state index in [0.29, 0.717) is 31.1 Å². The molecule has 1 aliphatic heterocycles. The van der Waals surface area contributed by atoms with Crippen LogP contribution in [0.15, 0.2) is 39.7 Å². The van der Waals surface area contributed by atoms with Gasteiger partial charge in [0.2, 0.25) is 15.9 Å². The predicted octanol–water partition coefficient (Wildman–Crippen LogP) is 3.63. The lowest BCUT2D eigenvalue weighted by atomic mass is 10.0. The van der Waals surface area contributed by atoms with Crippen LogP contribution >= 0.6 is 15.9 Å². The third-order valence-corrected chi connectivity index (χ3v) is 8.61. The van der Waals surface area contributed by atoms with E-state index < -0.39 is 10.0 Å². The van der Waals surface area contributed by atoms with Gasteiger partial charge in [-0.25, -0.2) is 8.42 Å². The summed E-state index contributed by atoms with van der Waals surface area (Å²) < 4.78 is 29.1. The number of benzene rings is 2. The molecule has 0 atom stereocenters. The van der Waals surface area contributed by atoms with Gasteiger partial charge in [-0.3, -0.25) is 9.69 Å². The number of hydrogen-bond acceptors (Lipinski definition) is 4. The first-order valence-corrected chi connectivity index (χ1v) is 12.2. The molecule has 8 heteroatoms. The highest BCUT2D eigenvalue weighted by molar-refractivity contribution is 9.10. The molecular weight excluding hydrogens is 466 g/mol. The minimum absolute atomic E-state index is 0.112. The lowest BCUT2D eigenvalue weighted by Crippen LogP contribution is -2.50. The molecule has 30 heavy (non-hydrogen) atoms. The van der Waals surface area contributed by atoms with Crippen LogP contribution in [0.1, 0.15) is 22.3 Å². The molecule has 0 spiro atoms. The van der Waals surface area contributed by atoms with Crippen LogP contribution in [0.4, 0.5) is 5.69 Å². The van der Waals surface area contributed by atoms with E-state index in [0.717, 1.165) is 32.4 Å². The third kappa shape index (κ3) is 4.77. The standard InChI is InChI=1S/C22H28BrN3O3S/c1-15-13-16(2)18(4)22(17(15)3)30(28,29)26-11-9-25(10-12-26)14-21(27)24-20-8-6-5-7-19(20)23/h5-8,13H,9-12,14H2,1-4H3,(H,24,27). The smallest absolute Gasteiger partial charge is 0.243 e. The summed E-state index contributed by atoms with van der Waals surface area (Å²) in [5.41, 5.74) is 4.32. The van der Waals surface area contributed by atoms with Crippen LogP contribution in [0.2, 0.25) is 0 Å². The van der Waals surface area contributed by atoms with E-state index in [1.54, 1.807) is 4.31 Å². The molecule has 6 nitrogen and oxygen atoms in total. The first-order valence-electron chi connectivity index (χ1n) is 9.95. The maximum absolute atomic E-state index is 13.4. The molecule has 1 saturated heterocycles. The van der Waals surface area contributed by atoms with Gasteiger partial charge in [-0.05, 0) is 78.0 Å². The number of nitrogens with one attached hydrogen (secondary N) is 1. The lowest BCUT2D eigenvalue weighted by molar-refractivity contribution is -0.117. The molecule has 0 saturated carbocycles. The van der Waals surface area contributed by atoms with E-state index in [2.05, 4.69) is 21.2 Å². The Morgan fingerprint density at radius 1 is 1.00 bits per heavy atom. The topological polar surface area (TPSA) is 69.7 Å². The van der Waals surface area contributed by atoms with Crippen molar-refractivity contribution in [2.24, 2.45) is 0 Å². The molecule has 2 aromatic carbocycles. The minimum atomic E-state index is -3.57. The molecule has 1 N–H and O–H groups in total. The molecular formula is C22H28BrN3O3S. The molecule has 1 fully saturated rings. The molecule has 0 aromatic heterocycles. The summed E-state index contributed by atoms with van der Waals surface area (Å²) in [7, 11) is -3.57. The van der Waals surface area contributed by atoms with Gasteiger partial charge in [0.15, 0.2) is 0 Å². The maximum Gasteiger partial charge on any atom is 0.243 e. The highest BCUT2D eigenvalue weighted by Crippen LogP contribution is 2.29. The highest BCUT2D eigenvalue weighted by Gasteiger charge is 2.32. The van der Waals surface area contributed by atoms with Crippen molar-refractivity contribution in [3.05, 3.63) is 57.1 Å². The summed E-state index contributed by atoms with van der Waals surface area (Å²) in [5, 5.41) is 2.89. The normalized spacial score (nSPS) is 15.9. The Balaban J connectivity index is 1.66. The van der Waals surface area contributed by atoms with Crippen molar-refractivity contribution in [3.63, 3.8) is 0 Å². The number of rotatable bonds is 5. The van der Waals surface area contributed by atoms with Gasteiger partial charge in [0.1, 0.15) is 0 Å². The molecule has 162 valence electrons. The van der Waals surface area contributed by atoms with Gasteiger partial charge in [0, 0.05) is 30.7 Å². The quantitative estimate of drug-likeness (QED) is 0.690. The number of nitrogens with zero attached hydrogens (tertiary/aromatic N) is 2. The fraction of sp³-hybridized carbons (Fsp3) is 0.409. The second-order valence-electron chi connectivity index (χ2n) is 7.80. The average molecular weight is 494 g/mol. The van der Waals surface area contributed by atoms with Crippen LogP contribution in [0, 0.1) is 27.7 Å². The Labute approximate surface area is 187 Å². The predicted molar refractivity (Wildman–Crippen MR) is 123 cm³/mol. The number of anilines is 1. The van der Waals surface area contributed by atoms with Gasteiger partial charge < -0.3 is 5.32 Å². The molecule has 3 rings (SSSR count). The Morgan fingerprint density at radius 3 is 2.13 bits per heavy atom. The fourth-order valence-electron chi connectivity index (χ4n) is 3.78. The Kier molecular flexibility index (Phi) is 7.02. The fourth-order valence-corrected chi connectivity index (χ4v) is 6.16. The van der Waals surface area contributed by atoms with Gasteiger partial charge in [0.05, 0.1) is 17.1 Å². The molecule has 1 heterocycles. The largest absolute Gasteiger partial charge is 0.324 e. The summed E-state index contributed by atoms with van der Waals surface area (Å²) in [6.07, 6.45) is 0. The number of hydrogen-bond donors (Lipinski definition) is 1. The highest BCUT2D eigenvalue weighted by atomic mass is 79.9. The van der Waals surface area contributed by atoms with Gasteiger partial charge in [0.25, 0.3) is 0 Å². The lowest BCUT2D eigenvalue weighted by Gasteiger charge is -2.34. The van der Waals surface area contributed by atoms with Crippen molar-refractivity contribution in [1.29, 1.82) is 0 Å². The average Bonchev–Trinajstić information content (AvgIpc) is 2.68. The van der Waals surface area contributed by atoms with E-state index in [1.165, 1.54) is 0 Å². The first-order chi connectivity index (χ1) is 14.1. The number of carbonyl (C=O) groups excluding carboxylic acids is 1. The van der Waals surface area contributed by atoms with Crippen LogP contribution in [0.3, 0.4) is 0 Å². The summed E-state index contributed by atoms with van der Waals surface area (Å²) in [5.74, 6) is -0.112. The summed E-state index contributed by atoms with van der Waals surface area (Å²) in [6.45, 7) is 9.65. The second kappa shape index (κ2) is 9.18. The zero-order chi connectivity index (χ0) is 22.1. The van der Waals surface area contributed by atoms with Crippen molar-refractivity contribution < 1.29 is 13.2 Å². The second-order valence-corrected chi connectivity index (χ2v) is 10.5. The number of sulfonamides is 1. The number of carbonyl (C=O) groups is 1. The zero-order valence-corrected chi connectivity index (χ0v) is 20.2. The molecule has 1 amide bonds. The van der Waals surface area contributed by atoms with E-state index in [4.69, 9.17) is 0 Å². The van der Waals surface area contributed by atoms with Crippen molar-refractivity contribution in [1.82, 2.24) is 9.21 Å². The Morgan fingerprint density at radius 2 is 1.57 bits per heavy atom. The SMILES string of the molecule is Cc1cc(C)c(C)c(S(=O)(=O)N2CCN(CC(=O)Nc3ccccc3Br)CC2)c1C. The number of aryl methyl sites for hydroxylation is 2. The van der Waals surface area contributed by atoms with Crippen molar-refractivity contribution >= 4 is 37.5 Å². The van der Waals surface area contributed by atoms with Gasteiger partial charge >= 0.3 is 0 Å². The number of amides is 1. The summed E-state index contributed by atoms with van der Waals surface area (Å²) in [4.78, 5) is 14.8. The van der Waals surface area contributed by atoms with Crippen LogP contribution in [0.5, 0.6) is 0 Å². The first kappa shape index (κ1) is 22.9. The molecule has 2 aromatic rings. The van der Waals surface area contributed by atoms with Crippen molar-refractivity contribution in [2.45, 2.75) is 32.6 Å². The van der Waals surface area contributed by atoms with E-state index in [1.807, 2.05) is 62.9 Å². The Bertz CT molecular complexity index is 1040. The summed E-state index contributed by atoms with van der Waals surface area (Å²) in [6, 6.07) is 9.49. The third-order valence-electron chi connectivity index (χ3n) is 5.74. The zero-order valence-electron chi connectivity index (χ0n) is 17.8. The van der Waals surface area contributed by atoms with Crippen LogP contribution in [-0.4, -0.2) is 56.3 Å². The maximum atomic E-state index is 13.4. The van der Waals surface area contributed by atoms with Gasteiger partial charge in [-0.15, -0.1) is 0 Å². The molecule has 0 aliphatic carbocycles. The van der Waals surface area contributed by atoms with Crippen LogP contribution < -0.4 is 5.32 Å². The van der Waals surface area contributed by atoms with Crippen LogP contribution in [0.25, 0.3) is 0 Å². The molecule has 0 radical (unpaired) electrons. The molecule has 0 bridgehead atoms. The van der Waals surface area contributed by atoms with E-state index in [9.17, 15) is 13.2 Å². The molecule has 0 unspecified atom stereocenters. The minimum Gasteiger partial charge on any atom is -0.324 e. The number of piperazine rings is 1.